The number of fused-ring (bicyclic) bond motifs is 2. The predicted molar refractivity (Wildman–Crippen MR) is 257 cm³/mol. The fourth-order valence-corrected chi connectivity index (χ4v) is 8.84. The molecule has 0 bridgehead atoms. The van der Waals surface area contributed by atoms with E-state index in [1.54, 1.807) is 55.6 Å². The van der Waals surface area contributed by atoms with E-state index in [9.17, 15) is 28.8 Å². The second kappa shape index (κ2) is 23.0. The van der Waals surface area contributed by atoms with Gasteiger partial charge in [-0.15, -0.1) is 12.4 Å². The van der Waals surface area contributed by atoms with Crippen molar-refractivity contribution < 1.29 is 33.5 Å². The van der Waals surface area contributed by atoms with E-state index in [1.165, 1.54) is 4.90 Å². The predicted octanol–water partition coefficient (Wildman–Crippen LogP) is 6.08. The van der Waals surface area contributed by atoms with Gasteiger partial charge in [0.1, 0.15) is 29.3 Å². The minimum Gasteiger partial charge on any atom is -0.496 e. The minimum atomic E-state index is -0.710. The van der Waals surface area contributed by atoms with E-state index in [4.69, 9.17) is 9.72 Å². The number of nitrogens with one attached hydrogen (secondary N) is 4. The van der Waals surface area contributed by atoms with Crippen LogP contribution in [0.15, 0.2) is 71.3 Å². The molecule has 4 heterocycles. The van der Waals surface area contributed by atoms with Crippen molar-refractivity contribution in [3.8, 4) is 5.75 Å². The van der Waals surface area contributed by atoms with Gasteiger partial charge in [0.25, 0.3) is 11.8 Å². The van der Waals surface area contributed by atoms with E-state index >= 15 is 0 Å². The summed E-state index contributed by atoms with van der Waals surface area (Å²) >= 11 is 3.50. The van der Waals surface area contributed by atoms with Gasteiger partial charge in [0.05, 0.1) is 13.3 Å². The number of imide groups is 1. The van der Waals surface area contributed by atoms with E-state index in [-0.39, 0.29) is 67.4 Å². The Morgan fingerprint density at radius 3 is 2.48 bits per heavy atom. The SMILES string of the molecule is CC[C@@H]1C(=O)N(C)c2cnc(Cc3ccc(C(=O)NCCCNCCCCCCC(=O)Nc4cccc5c4CN(C4CCC(=O)NC4=O)C5=O)cc3OC)nc2N1Cc1ccc(Br)cc1.Cl. The van der Waals surface area contributed by atoms with Crippen LogP contribution in [0.4, 0.5) is 17.2 Å². The van der Waals surface area contributed by atoms with E-state index in [1.807, 2.05) is 37.3 Å². The number of piperidine rings is 1. The Hall–Kier alpha value is -5.91. The molecule has 1 fully saturated rings. The number of aromatic nitrogens is 2. The molecule has 3 aromatic carbocycles. The summed E-state index contributed by atoms with van der Waals surface area (Å²) in [6.45, 7) is 4.82. The summed E-state index contributed by atoms with van der Waals surface area (Å²) in [5.74, 6) is 0.443. The summed E-state index contributed by atoms with van der Waals surface area (Å²) in [4.78, 5) is 91.1. The number of carbonyl (C=O) groups is 6. The fourth-order valence-electron chi connectivity index (χ4n) is 8.57. The normalized spacial score (nSPS) is 16.6. The first-order valence-corrected chi connectivity index (χ1v) is 23.1. The van der Waals surface area contributed by atoms with Crippen LogP contribution < -0.4 is 35.8 Å². The van der Waals surface area contributed by atoms with E-state index in [0.717, 1.165) is 60.8 Å². The molecular formula is C48H57BrClN9O7. The van der Waals surface area contributed by atoms with Gasteiger partial charge in [0.2, 0.25) is 23.6 Å². The second-order valence-electron chi connectivity index (χ2n) is 16.6. The zero-order valence-electron chi connectivity index (χ0n) is 37.5. The van der Waals surface area contributed by atoms with Gasteiger partial charge in [-0.3, -0.25) is 34.1 Å². The summed E-state index contributed by atoms with van der Waals surface area (Å²) in [5, 5.41) is 11.7. The molecule has 3 aliphatic rings. The van der Waals surface area contributed by atoms with Crippen molar-refractivity contribution in [2.75, 3.05) is 48.9 Å². The van der Waals surface area contributed by atoms with Crippen LogP contribution in [0.3, 0.4) is 0 Å². The van der Waals surface area contributed by atoms with Crippen LogP contribution in [0.2, 0.25) is 0 Å². The molecule has 6 amide bonds. The lowest BCUT2D eigenvalue weighted by atomic mass is 10.0. The van der Waals surface area contributed by atoms with Gasteiger partial charge in [-0.25, -0.2) is 9.97 Å². The molecule has 18 heteroatoms. The van der Waals surface area contributed by atoms with Gasteiger partial charge in [0.15, 0.2) is 5.82 Å². The smallest absolute Gasteiger partial charge is 0.255 e. The molecule has 0 aliphatic carbocycles. The van der Waals surface area contributed by atoms with Crippen molar-refractivity contribution in [3.05, 3.63) is 105 Å². The lowest BCUT2D eigenvalue weighted by Gasteiger charge is -2.40. The number of unbranched alkanes of at least 4 members (excludes halogenated alkanes) is 3. The number of anilines is 3. The number of halogens is 2. The highest BCUT2D eigenvalue weighted by molar-refractivity contribution is 9.10. The maximum absolute atomic E-state index is 13.3. The number of carbonyl (C=O) groups excluding carboxylic acids is 6. The largest absolute Gasteiger partial charge is 0.496 e. The standard InChI is InChI=1S/C48H56BrN9O7.ClH/c1-4-37-48(64)56(2)39-27-52-41(54-44(39)57(37)28-30-14-18-33(49)19-15-30)26-31-16-17-32(25-40(31)65-3)45(61)51-24-10-23-50-22-8-6-5-7-13-42(59)53-36-12-9-11-34-35(36)29-58(47(34)63)38-20-21-43(60)55-46(38)62;/h9,11-12,14-19,25,27,37-38,50H,4-8,10,13,20-24,26,28-29H2,1-3H3,(H,51,61)(H,53,59)(H,55,60,62);1H/t37-,38?;/m1./s1. The zero-order chi connectivity index (χ0) is 46.0. The number of ether oxygens (including phenoxy) is 1. The highest BCUT2D eigenvalue weighted by Crippen LogP contribution is 2.36. The zero-order valence-corrected chi connectivity index (χ0v) is 39.9. The van der Waals surface area contributed by atoms with Crippen LogP contribution in [-0.2, 0) is 38.7 Å². The van der Waals surface area contributed by atoms with Crippen LogP contribution in [0.25, 0.3) is 0 Å². The Balaban J connectivity index is 0.00000720. The van der Waals surface area contributed by atoms with Gasteiger partial charge >= 0.3 is 0 Å². The number of nitrogens with zero attached hydrogens (tertiary/aromatic N) is 5. The monoisotopic (exact) mass is 985 g/mol. The molecule has 3 aliphatic heterocycles. The molecule has 1 saturated heterocycles. The van der Waals surface area contributed by atoms with Crippen molar-refractivity contribution in [1.29, 1.82) is 0 Å². The second-order valence-corrected chi connectivity index (χ2v) is 17.5. The Bertz CT molecular complexity index is 2440. The summed E-state index contributed by atoms with van der Waals surface area (Å²) in [6, 6.07) is 17.5. The molecule has 66 heavy (non-hydrogen) atoms. The molecule has 1 aromatic heterocycles. The molecule has 350 valence electrons. The van der Waals surface area contributed by atoms with E-state index < -0.39 is 11.9 Å². The lowest BCUT2D eigenvalue weighted by molar-refractivity contribution is -0.137. The molecular weight excluding hydrogens is 930 g/mol. The molecule has 1 unspecified atom stereocenters. The number of likely N-dealkylation sites (N-methyl/N-ethyl adjacent to an activating group) is 1. The number of benzene rings is 3. The first-order chi connectivity index (χ1) is 31.4. The molecule has 0 radical (unpaired) electrons. The number of hydrogen-bond donors (Lipinski definition) is 4. The van der Waals surface area contributed by atoms with Crippen LogP contribution in [-0.4, -0.2) is 96.2 Å². The molecule has 0 spiro atoms. The maximum atomic E-state index is 13.3. The third kappa shape index (κ3) is 11.7. The Kier molecular flexibility index (Phi) is 17.3. The Morgan fingerprint density at radius 1 is 0.955 bits per heavy atom. The lowest BCUT2D eigenvalue weighted by Crippen LogP contribution is -2.52. The summed E-state index contributed by atoms with van der Waals surface area (Å²) in [7, 11) is 3.34. The van der Waals surface area contributed by atoms with Gasteiger partial charge in [-0.1, -0.05) is 60.0 Å². The molecule has 4 aromatic rings. The van der Waals surface area contributed by atoms with Crippen molar-refractivity contribution in [2.24, 2.45) is 0 Å². The van der Waals surface area contributed by atoms with Gasteiger partial charge < -0.3 is 35.4 Å². The first-order valence-electron chi connectivity index (χ1n) is 22.3. The summed E-state index contributed by atoms with van der Waals surface area (Å²) in [5.41, 5.74) is 4.76. The van der Waals surface area contributed by atoms with Crippen molar-refractivity contribution in [2.45, 2.75) is 96.3 Å². The van der Waals surface area contributed by atoms with E-state index in [0.29, 0.717) is 77.8 Å². The van der Waals surface area contributed by atoms with Crippen molar-refractivity contribution in [1.82, 2.24) is 30.8 Å². The highest BCUT2D eigenvalue weighted by Gasteiger charge is 2.40. The third-order valence-corrected chi connectivity index (χ3v) is 12.7. The summed E-state index contributed by atoms with van der Waals surface area (Å²) in [6.07, 6.45) is 7.83. The average Bonchev–Trinajstić information content (AvgIpc) is 3.64. The highest BCUT2D eigenvalue weighted by atomic mass is 79.9. The molecule has 0 saturated carbocycles. The van der Waals surface area contributed by atoms with Gasteiger partial charge in [0, 0.05) is 78.4 Å². The Labute approximate surface area is 399 Å². The van der Waals surface area contributed by atoms with Crippen LogP contribution in [0.5, 0.6) is 5.75 Å². The van der Waals surface area contributed by atoms with Gasteiger partial charge in [-0.05, 0) is 87.2 Å². The maximum Gasteiger partial charge on any atom is 0.255 e. The number of amides is 6. The van der Waals surface area contributed by atoms with Gasteiger partial charge in [-0.2, -0.15) is 0 Å². The third-order valence-electron chi connectivity index (χ3n) is 12.2. The summed E-state index contributed by atoms with van der Waals surface area (Å²) < 4.78 is 6.70. The van der Waals surface area contributed by atoms with Crippen LogP contribution >= 0.6 is 28.3 Å². The fraction of sp³-hybridized carbons (Fsp3) is 0.417. The number of methoxy groups -OCH3 is 1. The molecule has 4 N–H and O–H groups in total. The number of hydrogen-bond acceptors (Lipinski definition) is 11. The molecule has 2 atom stereocenters. The quantitative estimate of drug-likeness (QED) is 0.0592. The Morgan fingerprint density at radius 2 is 1.73 bits per heavy atom. The average molecular weight is 987 g/mol. The topological polar surface area (TPSA) is 195 Å². The van der Waals surface area contributed by atoms with Crippen LogP contribution in [0.1, 0.15) is 108 Å². The van der Waals surface area contributed by atoms with Crippen molar-refractivity contribution in [3.63, 3.8) is 0 Å². The molecule has 7 rings (SSSR count). The minimum absolute atomic E-state index is 0. The first kappa shape index (κ1) is 49.5. The van der Waals surface area contributed by atoms with Crippen LogP contribution in [0, 0.1) is 0 Å². The molecule has 16 nitrogen and oxygen atoms in total. The van der Waals surface area contributed by atoms with E-state index in [2.05, 4.69) is 47.1 Å². The number of rotatable bonds is 20. The van der Waals surface area contributed by atoms with Crippen molar-refractivity contribution >= 4 is 81.0 Å².